The predicted molar refractivity (Wildman–Crippen MR) is 268 cm³/mol. The van der Waals surface area contributed by atoms with E-state index >= 15 is 0 Å². The van der Waals surface area contributed by atoms with Crippen molar-refractivity contribution >= 4 is 53.4 Å². The summed E-state index contributed by atoms with van der Waals surface area (Å²) in [6.45, 7) is 13.3. The molecular formula is C53H76N2O17S. The lowest BCUT2D eigenvalue weighted by molar-refractivity contribution is -0.283. The van der Waals surface area contributed by atoms with E-state index < -0.39 is 125 Å². The maximum atomic E-state index is 14.9. The first-order valence-electron chi connectivity index (χ1n) is 24.9. The number of carboxylic acid groups (broad SMARTS) is 1. The van der Waals surface area contributed by atoms with Crippen LogP contribution in [0.5, 0.6) is 0 Å². The molecule has 4 unspecified atom stereocenters. The maximum absolute atomic E-state index is 14.9. The number of ketones is 1. The molecule has 6 rings (SSSR count). The number of benzene rings is 2. The summed E-state index contributed by atoms with van der Waals surface area (Å²) >= 11 is 0.907. The average Bonchev–Trinajstić information content (AvgIpc) is 3.30. The molecule has 3 aliphatic carbocycles. The van der Waals surface area contributed by atoms with Crippen molar-refractivity contribution in [3.05, 3.63) is 71.8 Å². The number of hydrogen-bond acceptors (Lipinski definition) is 16. The van der Waals surface area contributed by atoms with Crippen LogP contribution in [-0.4, -0.2) is 140 Å². The number of carbonyl (C=O) groups is 7. The summed E-state index contributed by atoms with van der Waals surface area (Å²) in [6, 6.07) is 14.6. The molecule has 73 heavy (non-hydrogen) atoms. The van der Waals surface area contributed by atoms with Gasteiger partial charge in [-0.3, -0.25) is 19.2 Å². The van der Waals surface area contributed by atoms with Gasteiger partial charge in [0.2, 0.25) is 12.0 Å². The summed E-state index contributed by atoms with van der Waals surface area (Å²) in [5.74, 6) is -8.62. The summed E-state index contributed by atoms with van der Waals surface area (Å²) < 4.78 is 30.1. The number of aliphatic hydroxyl groups excluding tert-OH is 2. The van der Waals surface area contributed by atoms with Crippen LogP contribution < -0.4 is 10.6 Å². The minimum atomic E-state index is -1.93. The van der Waals surface area contributed by atoms with E-state index in [9.17, 15) is 44.1 Å². The molecule has 0 spiro atoms. The number of aliphatic hydroxyl groups is 3. The SMILES string of the molecule is CC(=O)O.CCCCCC(NC(=O)CSCC(=O)O[C@@H](C(=O)O[C@H]1C[C@]2(O)[C@@H](C)[C@@H](C1C)[C@@H](O)[C@@H](O)C1CCC3OC[C@H]3[C@H]1[C@@H]2OC(=O)c1ccccc1)[C@@H](NC(=O)OC(C)(C)C)c1ccccc1)C(C)=O.O. The van der Waals surface area contributed by atoms with E-state index in [2.05, 4.69) is 10.6 Å². The van der Waals surface area contributed by atoms with Crippen molar-refractivity contribution in [1.29, 1.82) is 0 Å². The number of thioether (sulfide) groups is 1. The molecule has 0 radical (unpaired) electrons. The van der Waals surface area contributed by atoms with Crippen molar-refractivity contribution in [3.8, 4) is 0 Å². The molecule has 406 valence electrons. The van der Waals surface area contributed by atoms with Gasteiger partial charge in [-0.15, -0.1) is 11.8 Å². The van der Waals surface area contributed by atoms with Crippen molar-refractivity contribution in [2.45, 2.75) is 160 Å². The summed E-state index contributed by atoms with van der Waals surface area (Å²) in [6.07, 6.45) is -4.22. The number of ether oxygens (including phenoxy) is 5. The number of rotatable bonds is 18. The molecule has 0 aromatic heterocycles. The number of esters is 3. The highest BCUT2D eigenvalue weighted by Gasteiger charge is 2.66. The Kier molecular flexibility index (Phi) is 22.3. The minimum absolute atomic E-state index is 0. The Labute approximate surface area is 431 Å². The number of fused-ring (bicyclic) bond motifs is 5. The predicted octanol–water partition coefficient (Wildman–Crippen LogP) is 4.75. The van der Waals surface area contributed by atoms with E-state index in [1.807, 2.05) is 6.92 Å². The second-order valence-electron chi connectivity index (χ2n) is 20.6. The minimum Gasteiger partial charge on any atom is -0.481 e. The molecular weight excluding hydrogens is 969 g/mol. The second kappa shape index (κ2) is 26.9. The van der Waals surface area contributed by atoms with Crippen molar-refractivity contribution in [2.75, 3.05) is 18.1 Å². The normalized spacial score (nSPS) is 29.2. The van der Waals surface area contributed by atoms with Gasteiger partial charge in [0.25, 0.3) is 5.97 Å². The molecule has 2 bridgehead atoms. The first kappa shape index (κ1) is 60.4. The van der Waals surface area contributed by atoms with E-state index in [0.29, 0.717) is 31.4 Å². The van der Waals surface area contributed by atoms with E-state index in [1.54, 1.807) is 95.3 Å². The number of unbranched alkanes of at least 4 members (excludes halogenated alkanes) is 2. The van der Waals surface area contributed by atoms with Crippen molar-refractivity contribution in [3.63, 3.8) is 0 Å². The second-order valence-corrected chi connectivity index (χ2v) is 21.6. The number of nitrogens with one attached hydrogen (secondary N) is 2. The van der Waals surface area contributed by atoms with E-state index in [0.717, 1.165) is 37.9 Å². The van der Waals surface area contributed by atoms with Crippen LogP contribution in [0.2, 0.25) is 0 Å². The number of amides is 2. The van der Waals surface area contributed by atoms with Crippen molar-refractivity contribution in [2.24, 2.45) is 35.5 Å². The molecule has 2 amide bonds. The number of hydrogen-bond donors (Lipinski definition) is 6. The molecule has 1 aliphatic heterocycles. The average molecular weight is 1050 g/mol. The topological polar surface area (TPSA) is 302 Å². The Bertz CT molecular complexity index is 2170. The van der Waals surface area contributed by atoms with Gasteiger partial charge in [-0.2, -0.15) is 0 Å². The van der Waals surface area contributed by atoms with Crippen LogP contribution >= 0.6 is 11.8 Å². The number of carbonyl (C=O) groups excluding carboxylic acids is 6. The van der Waals surface area contributed by atoms with Crippen LogP contribution in [0.25, 0.3) is 0 Å². The fraction of sp³-hybridized carbons (Fsp3) is 0.642. The molecule has 8 N–H and O–H groups in total. The monoisotopic (exact) mass is 1040 g/mol. The molecule has 4 aliphatic rings. The van der Waals surface area contributed by atoms with Crippen LogP contribution in [0.4, 0.5) is 4.79 Å². The third-order valence-corrected chi connectivity index (χ3v) is 15.3. The highest BCUT2D eigenvalue weighted by Crippen LogP contribution is 2.57. The van der Waals surface area contributed by atoms with Gasteiger partial charge in [-0.05, 0) is 88.3 Å². The van der Waals surface area contributed by atoms with Gasteiger partial charge in [0, 0.05) is 25.2 Å². The van der Waals surface area contributed by atoms with Crippen molar-refractivity contribution in [1.82, 2.24) is 10.6 Å². The highest BCUT2D eigenvalue weighted by atomic mass is 32.2. The summed E-state index contributed by atoms with van der Waals surface area (Å²) in [5.41, 5.74) is -2.29. The fourth-order valence-corrected chi connectivity index (χ4v) is 11.4. The molecule has 1 saturated heterocycles. The van der Waals surface area contributed by atoms with E-state index in [-0.39, 0.29) is 41.0 Å². The summed E-state index contributed by atoms with van der Waals surface area (Å²) in [5, 5.41) is 50.3. The molecule has 19 nitrogen and oxygen atoms in total. The van der Waals surface area contributed by atoms with Crippen molar-refractivity contribution < 1.29 is 83.1 Å². The van der Waals surface area contributed by atoms with Crippen LogP contribution in [0.1, 0.15) is 122 Å². The Morgan fingerprint density at radius 2 is 1.48 bits per heavy atom. The van der Waals surface area contributed by atoms with Gasteiger partial charge in [-0.1, -0.05) is 88.6 Å². The first-order valence-corrected chi connectivity index (χ1v) is 26.1. The Balaban J connectivity index is 0.00000223. The van der Waals surface area contributed by atoms with E-state index in [1.165, 1.54) is 6.92 Å². The van der Waals surface area contributed by atoms with E-state index in [4.69, 9.17) is 33.6 Å². The smallest absolute Gasteiger partial charge is 0.408 e. The molecule has 1 heterocycles. The molecule has 15 atom stereocenters. The molecule has 3 saturated carbocycles. The zero-order chi connectivity index (χ0) is 53.1. The number of Topliss-reactive ketones (excluding diaryl/α,β-unsaturated/α-hetero) is 1. The quantitative estimate of drug-likeness (QED) is 0.0666. The Morgan fingerprint density at radius 1 is 0.849 bits per heavy atom. The fourth-order valence-electron chi connectivity index (χ4n) is 10.8. The van der Waals surface area contributed by atoms with Crippen LogP contribution in [0.3, 0.4) is 0 Å². The molecule has 4 fully saturated rings. The standard InChI is InChI=1S/C51H70N2O14S.C2H4O2.H2O/c1-8-9-12-21-35(30(4)54)52-38(55)26-68-27-39(56)65-45(42(31-17-13-10-14-18-31)53-49(61)67-50(5,6)7)48(60)64-37-24-51(62)29(3)40(28(37)2)44(58)43(57)33-22-23-36-34(25-63-36)41(33)46(51)66-47(59)32-19-15-11-16-20-32;1-2(3)4;/h10-11,13-20,28-29,33-37,40-46,57-58,62H,8-9,12,21-27H2,1-7H3,(H,52,55)(H,53,61);1H3,(H,3,4);1H2/t28?,29-,33?,34+,35?,36?,37-,40+,41-,42-,43-,44+,45+,46-,51-;;/m0../s1. The third kappa shape index (κ3) is 15.7. The molecule has 20 heteroatoms. The lowest BCUT2D eigenvalue weighted by Crippen LogP contribution is -2.71. The number of alkyl carbamates (subject to hydrolysis) is 1. The third-order valence-electron chi connectivity index (χ3n) is 14.4. The molecule has 2 aromatic rings. The van der Waals surface area contributed by atoms with Gasteiger partial charge in [-0.25, -0.2) is 14.4 Å². The van der Waals surface area contributed by atoms with Crippen LogP contribution in [-0.2, 0) is 47.7 Å². The lowest BCUT2D eigenvalue weighted by Gasteiger charge is -2.61. The van der Waals surface area contributed by atoms with Gasteiger partial charge < -0.3 is 60.2 Å². The van der Waals surface area contributed by atoms with Crippen LogP contribution in [0.15, 0.2) is 60.7 Å². The Morgan fingerprint density at radius 3 is 2.05 bits per heavy atom. The number of carboxylic acids is 1. The lowest BCUT2D eigenvalue weighted by atomic mass is 9.51. The first-order chi connectivity index (χ1) is 34.0. The number of aliphatic carboxylic acids is 1. The van der Waals surface area contributed by atoms with Gasteiger partial charge >= 0.3 is 24.0 Å². The Hall–Kier alpha value is -5.12. The zero-order valence-corrected chi connectivity index (χ0v) is 43.8. The van der Waals surface area contributed by atoms with Gasteiger partial charge in [0.15, 0.2) is 5.78 Å². The summed E-state index contributed by atoms with van der Waals surface area (Å²) in [7, 11) is 0. The highest BCUT2D eigenvalue weighted by molar-refractivity contribution is 8.00. The summed E-state index contributed by atoms with van der Waals surface area (Å²) in [4.78, 5) is 90.4. The maximum Gasteiger partial charge on any atom is 0.408 e. The largest absolute Gasteiger partial charge is 0.481 e. The van der Waals surface area contributed by atoms with Gasteiger partial charge in [0.1, 0.15) is 29.5 Å². The van der Waals surface area contributed by atoms with Crippen LogP contribution in [0, 0.1) is 35.5 Å². The van der Waals surface area contributed by atoms with Gasteiger partial charge in [0.05, 0.1) is 48.0 Å². The zero-order valence-electron chi connectivity index (χ0n) is 43.0. The molecule has 2 aromatic carbocycles.